The number of aliphatic imine (C=N–C) groups is 1. The summed E-state index contributed by atoms with van der Waals surface area (Å²) in [6.45, 7) is 3.18. The third kappa shape index (κ3) is 8.64. The van der Waals surface area contributed by atoms with Crippen LogP contribution in [0, 0.1) is 11.6 Å². The lowest BCUT2D eigenvalue weighted by Crippen LogP contribution is -2.40. The molecule has 8 heteroatoms. The zero-order chi connectivity index (χ0) is 17.6. The molecule has 0 saturated carbocycles. The molecule has 0 fully saturated rings. The number of halogens is 2. The molecule has 0 atom stereocenters. The first-order valence-electron chi connectivity index (χ1n) is 7.76. The Balaban J connectivity index is 2.11. The summed E-state index contributed by atoms with van der Waals surface area (Å²) in [5, 5.41) is 6.16. The lowest BCUT2D eigenvalue weighted by Gasteiger charge is -2.13. The van der Waals surface area contributed by atoms with Crippen LogP contribution in [0.4, 0.5) is 8.78 Å². The van der Waals surface area contributed by atoms with E-state index in [1.54, 1.807) is 14.2 Å². The largest absolute Gasteiger partial charge is 0.489 e. The predicted molar refractivity (Wildman–Crippen MR) is 88.5 cm³/mol. The normalized spacial score (nSPS) is 11.4. The van der Waals surface area contributed by atoms with Gasteiger partial charge in [0.1, 0.15) is 12.4 Å². The van der Waals surface area contributed by atoms with Crippen LogP contribution in [0.15, 0.2) is 23.2 Å². The van der Waals surface area contributed by atoms with E-state index < -0.39 is 11.6 Å². The van der Waals surface area contributed by atoms with Gasteiger partial charge in [-0.25, -0.2) is 8.78 Å². The third-order valence-corrected chi connectivity index (χ3v) is 2.96. The number of nitrogens with zero attached hydrogens (tertiary/aromatic N) is 1. The fraction of sp³-hybridized carbons (Fsp3) is 0.562. The molecule has 0 heterocycles. The number of nitrogens with one attached hydrogen (secondary N) is 2. The van der Waals surface area contributed by atoms with E-state index >= 15 is 0 Å². The molecule has 0 spiro atoms. The standard InChI is InChI=1S/C16H25F2N3O3/c1-19-16(20-6-3-8-23-11-10-22-2)21-7-9-24-15-5-4-13(17)12-14(15)18/h4-5,12H,3,6-11H2,1-2H3,(H2,19,20,21). The summed E-state index contributed by atoms with van der Waals surface area (Å²) < 4.78 is 41.6. The van der Waals surface area contributed by atoms with E-state index in [4.69, 9.17) is 14.2 Å². The smallest absolute Gasteiger partial charge is 0.191 e. The second kappa shape index (κ2) is 12.5. The molecule has 0 aliphatic carbocycles. The molecule has 0 radical (unpaired) electrons. The molecule has 0 unspecified atom stereocenters. The highest BCUT2D eigenvalue weighted by atomic mass is 19.1. The molecule has 136 valence electrons. The van der Waals surface area contributed by atoms with Crippen molar-refractivity contribution < 1.29 is 23.0 Å². The number of rotatable bonds is 11. The number of hydrogen-bond donors (Lipinski definition) is 2. The number of benzene rings is 1. The second-order valence-electron chi connectivity index (χ2n) is 4.81. The molecular weight excluding hydrogens is 320 g/mol. The van der Waals surface area contributed by atoms with Gasteiger partial charge in [0.05, 0.1) is 19.8 Å². The molecule has 0 bridgehead atoms. The zero-order valence-electron chi connectivity index (χ0n) is 14.1. The first-order chi connectivity index (χ1) is 11.7. The highest BCUT2D eigenvalue weighted by Crippen LogP contribution is 2.17. The third-order valence-electron chi connectivity index (χ3n) is 2.96. The molecule has 0 aromatic heterocycles. The summed E-state index contributed by atoms with van der Waals surface area (Å²) >= 11 is 0. The van der Waals surface area contributed by atoms with Crippen molar-refractivity contribution in [1.29, 1.82) is 0 Å². The van der Waals surface area contributed by atoms with Crippen LogP contribution in [0.25, 0.3) is 0 Å². The lowest BCUT2D eigenvalue weighted by atomic mass is 10.3. The minimum absolute atomic E-state index is 0.0226. The van der Waals surface area contributed by atoms with Crippen molar-refractivity contribution in [3.05, 3.63) is 29.8 Å². The molecule has 0 aliphatic rings. The fourth-order valence-corrected chi connectivity index (χ4v) is 1.77. The summed E-state index contributed by atoms with van der Waals surface area (Å²) in [4.78, 5) is 4.06. The zero-order valence-corrected chi connectivity index (χ0v) is 14.1. The van der Waals surface area contributed by atoms with Crippen LogP contribution < -0.4 is 15.4 Å². The van der Waals surface area contributed by atoms with Crippen LogP contribution in [0.5, 0.6) is 5.75 Å². The Bertz CT molecular complexity index is 501. The van der Waals surface area contributed by atoms with Crippen molar-refractivity contribution >= 4 is 5.96 Å². The molecule has 0 saturated heterocycles. The van der Waals surface area contributed by atoms with E-state index in [9.17, 15) is 8.78 Å². The summed E-state index contributed by atoms with van der Waals surface area (Å²) in [6, 6.07) is 3.21. The van der Waals surface area contributed by atoms with Gasteiger partial charge in [0.15, 0.2) is 17.5 Å². The highest BCUT2D eigenvalue weighted by molar-refractivity contribution is 5.79. The quantitative estimate of drug-likeness (QED) is 0.362. The maximum atomic E-state index is 13.4. The molecule has 24 heavy (non-hydrogen) atoms. The van der Waals surface area contributed by atoms with Crippen molar-refractivity contribution in [2.45, 2.75) is 6.42 Å². The second-order valence-corrected chi connectivity index (χ2v) is 4.81. The van der Waals surface area contributed by atoms with Crippen molar-refractivity contribution in [2.75, 3.05) is 53.7 Å². The molecule has 0 aliphatic heterocycles. The highest BCUT2D eigenvalue weighted by Gasteiger charge is 2.04. The molecule has 1 rings (SSSR count). The van der Waals surface area contributed by atoms with Gasteiger partial charge in [0, 0.05) is 33.4 Å². The van der Waals surface area contributed by atoms with E-state index in [0.717, 1.165) is 18.6 Å². The fourth-order valence-electron chi connectivity index (χ4n) is 1.77. The Labute approximate surface area is 141 Å². The van der Waals surface area contributed by atoms with Gasteiger partial charge in [-0.05, 0) is 18.6 Å². The average Bonchev–Trinajstić information content (AvgIpc) is 2.57. The molecular formula is C16H25F2N3O3. The van der Waals surface area contributed by atoms with Gasteiger partial charge in [0.25, 0.3) is 0 Å². The average molecular weight is 345 g/mol. The van der Waals surface area contributed by atoms with E-state index in [-0.39, 0.29) is 12.4 Å². The molecule has 6 nitrogen and oxygen atoms in total. The first-order valence-corrected chi connectivity index (χ1v) is 7.76. The van der Waals surface area contributed by atoms with Crippen LogP contribution in [0.1, 0.15) is 6.42 Å². The summed E-state index contributed by atoms with van der Waals surface area (Å²) in [7, 11) is 3.29. The summed E-state index contributed by atoms with van der Waals surface area (Å²) in [5.74, 6) is -0.704. The van der Waals surface area contributed by atoms with Crippen molar-refractivity contribution in [3.8, 4) is 5.75 Å². The van der Waals surface area contributed by atoms with Crippen molar-refractivity contribution in [2.24, 2.45) is 4.99 Å². The molecule has 1 aromatic rings. The maximum Gasteiger partial charge on any atom is 0.191 e. The molecule has 1 aromatic carbocycles. The van der Waals surface area contributed by atoms with Crippen LogP contribution in [0.2, 0.25) is 0 Å². The first kappa shape index (κ1) is 20.1. The summed E-state index contributed by atoms with van der Waals surface area (Å²) in [6.07, 6.45) is 0.835. The van der Waals surface area contributed by atoms with Gasteiger partial charge in [0.2, 0.25) is 0 Å². The van der Waals surface area contributed by atoms with Crippen LogP contribution in [-0.4, -0.2) is 59.6 Å². The van der Waals surface area contributed by atoms with Crippen LogP contribution in [0.3, 0.4) is 0 Å². The topological polar surface area (TPSA) is 64.1 Å². The maximum absolute atomic E-state index is 13.4. The molecule has 2 N–H and O–H groups in total. The number of methoxy groups -OCH3 is 1. The van der Waals surface area contributed by atoms with Gasteiger partial charge >= 0.3 is 0 Å². The van der Waals surface area contributed by atoms with Gasteiger partial charge in [-0.3, -0.25) is 4.99 Å². The van der Waals surface area contributed by atoms with Gasteiger partial charge in [-0.1, -0.05) is 0 Å². The van der Waals surface area contributed by atoms with E-state index in [0.29, 0.717) is 38.9 Å². The van der Waals surface area contributed by atoms with Gasteiger partial charge in [-0.15, -0.1) is 0 Å². The van der Waals surface area contributed by atoms with E-state index in [2.05, 4.69) is 15.6 Å². The number of guanidine groups is 1. The minimum Gasteiger partial charge on any atom is -0.489 e. The molecule has 0 amide bonds. The number of ether oxygens (including phenoxy) is 3. The monoisotopic (exact) mass is 345 g/mol. The minimum atomic E-state index is -0.717. The van der Waals surface area contributed by atoms with E-state index in [1.807, 2.05) is 0 Å². The Morgan fingerprint density at radius 3 is 2.58 bits per heavy atom. The Kier molecular flexibility index (Phi) is 10.5. The SMILES string of the molecule is CN=C(NCCCOCCOC)NCCOc1ccc(F)cc1F. The van der Waals surface area contributed by atoms with Crippen molar-refractivity contribution in [3.63, 3.8) is 0 Å². The lowest BCUT2D eigenvalue weighted by molar-refractivity contribution is 0.0698. The van der Waals surface area contributed by atoms with Crippen LogP contribution >= 0.6 is 0 Å². The van der Waals surface area contributed by atoms with E-state index in [1.165, 1.54) is 6.07 Å². The Hall–Kier alpha value is -1.93. The Morgan fingerprint density at radius 2 is 1.88 bits per heavy atom. The Morgan fingerprint density at radius 1 is 1.08 bits per heavy atom. The van der Waals surface area contributed by atoms with Crippen LogP contribution in [-0.2, 0) is 9.47 Å². The van der Waals surface area contributed by atoms with Gasteiger partial charge in [-0.2, -0.15) is 0 Å². The van der Waals surface area contributed by atoms with Crippen molar-refractivity contribution in [1.82, 2.24) is 10.6 Å². The predicted octanol–water partition coefficient (Wildman–Crippen LogP) is 1.56. The number of hydrogen-bond acceptors (Lipinski definition) is 4. The van der Waals surface area contributed by atoms with Gasteiger partial charge < -0.3 is 24.8 Å². The summed E-state index contributed by atoms with van der Waals surface area (Å²) in [5.41, 5.74) is 0.